The van der Waals surface area contributed by atoms with Crippen LogP contribution in [0.25, 0.3) is 0 Å². The Balaban J connectivity index is 2.05. The molecule has 2 aromatic rings. The Morgan fingerprint density at radius 1 is 1.15 bits per heavy atom. The Labute approximate surface area is 163 Å². The summed E-state index contributed by atoms with van der Waals surface area (Å²) in [5.41, 5.74) is 4.05. The lowest BCUT2D eigenvalue weighted by Crippen LogP contribution is -2.30. The number of hydrogen-bond donors (Lipinski definition) is 1. The molecule has 0 saturated heterocycles. The summed E-state index contributed by atoms with van der Waals surface area (Å²) in [7, 11) is 5.15. The number of nitrogens with one attached hydrogen (secondary N) is 1. The maximum absolute atomic E-state index is 12.4. The molecule has 6 heteroatoms. The van der Waals surface area contributed by atoms with Gasteiger partial charge in [-0.25, -0.2) is 0 Å². The van der Waals surface area contributed by atoms with Gasteiger partial charge in [-0.3, -0.25) is 9.69 Å². The highest BCUT2D eigenvalue weighted by molar-refractivity contribution is 9.10. The largest absolute Gasteiger partial charge is 0.496 e. The Morgan fingerprint density at radius 3 is 2.50 bits per heavy atom. The fraction of sp³-hybridized carbons (Fsp3) is 0.350. The van der Waals surface area contributed by atoms with Crippen LogP contribution in [0.1, 0.15) is 16.7 Å². The second-order valence-corrected chi connectivity index (χ2v) is 7.12. The van der Waals surface area contributed by atoms with Crippen molar-refractivity contribution in [1.82, 2.24) is 4.90 Å². The van der Waals surface area contributed by atoms with Crippen molar-refractivity contribution < 1.29 is 14.3 Å². The SMILES string of the molecule is COc1cc(CN(C)CC(=O)Nc2cccc(C)c2C)c(OC)cc1Br. The van der Waals surface area contributed by atoms with Gasteiger partial charge in [-0.05, 0) is 66.2 Å². The van der Waals surface area contributed by atoms with Gasteiger partial charge in [0, 0.05) is 17.8 Å². The highest BCUT2D eigenvalue weighted by Crippen LogP contribution is 2.33. The number of anilines is 1. The van der Waals surface area contributed by atoms with Crippen LogP contribution in [0.15, 0.2) is 34.8 Å². The highest BCUT2D eigenvalue weighted by atomic mass is 79.9. The number of hydrogen-bond acceptors (Lipinski definition) is 4. The van der Waals surface area contributed by atoms with Crippen LogP contribution in [0.5, 0.6) is 11.5 Å². The zero-order valence-electron chi connectivity index (χ0n) is 15.9. The van der Waals surface area contributed by atoms with Gasteiger partial charge in [0.2, 0.25) is 5.91 Å². The molecule has 140 valence electrons. The predicted molar refractivity (Wildman–Crippen MR) is 108 cm³/mol. The van der Waals surface area contributed by atoms with E-state index in [1.807, 2.05) is 56.1 Å². The second-order valence-electron chi connectivity index (χ2n) is 6.27. The number of rotatable bonds is 7. The number of carbonyl (C=O) groups is 1. The summed E-state index contributed by atoms with van der Waals surface area (Å²) in [4.78, 5) is 14.3. The molecule has 0 aliphatic carbocycles. The molecule has 26 heavy (non-hydrogen) atoms. The number of aryl methyl sites for hydroxylation is 1. The third-order valence-electron chi connectivity index (χ3n) is 4.29. The summed E-state index contributed by atoms with van der Waals surface area (Å²) in [5.74, 6) is 1.43. The minimum absolute atomic E-state index is 0.0516. The Bertz CT molecular complexity index is 793. The van der Waals surface area contributed by atoms with E-state index in [1.165, 1.54) is 0 Å². The maximum Gasteiger partial charge on any atom is 0.238 e. The number of ether oxygens (including phenoxy) is 2. The second kappa shape index (κ2) is 9.05. The molecule has 0 atom stereocenters. The van der Waals surface area contributed by atoms with Gasteiger partial charge in [-0.15, -0.1) is 0 Å². The molecular weight excluding hydrogens is 396 g/mol. The summed E-state index contributed by atoms with van der Waals surface area (Å²) >= 11 is 3.46. The van der Waals surface area contributed by atoms with Crippen molar-refractivity contribution in [3.05, 3.63) is 51.5 Å². The van der Waals surface area contributed by atoms with Crippen molar-refractivity contribution in [1.29, 1.82) is 0 Å². The number of likely N-dealkylation sites (N-methyl/N-ethyl adjacent to an activating group) is 1. The van der Waals surface area contributed by atoms with E-state index in [9.17, 15) is 4.79 Å². The lowest BCUT2D eigenvalue weighted by molar-refractivity contribution is -0.117. The van der Waals surface area contributed by atoms with E-state index in [4.69, 9.17) is 9.47 Å². The molecular formula is C20H25BrN2O3. The van der Waals surface area contributed by atoms with Crippen LogP contribution >= 0.6 is 15.9 Å². The molecule has 0 aromatic heterocycles. The number of halogens is 1. The van der Waals surface area contributed by atoms with Gasteiger partial charge in [-0.1, -0.05) is 12.1 Å². The van der Waals surface area contributed by atoms with Crippen LogP contribution in [-0.2, 0) is 11.3 Å². The monoisotopic (exact) mass is 420 g/mol. The molecule has 0 spiro atoms. The number of benzene rings is 2. The smallest absolute Gasteiger partial charge is 0.238 e. The van der Waals surface area contributed by atoms with Crippen LogP contribution in [0.3, 0.4) is 0 Å². The molecule has 0 unspecified atom stereocenters. The molecule has 0 heterocycles. The fourth-order valence-corrected chi connectivity index (χ4v) is 3.20. The number of methoxy groups -OCH3 is 2. The summed E-state index contributed by atoms with van der Waals surface area (Å²) in [6, 6.07) is 9.69. The first-order valence-corrected chi connectivity index (χ1v) is 9.10. The van der Waals surface area contributed by atoms with Gasteiger partial charge >= 0.3 is 0 Å². The molecule has 5 nitrogen and oxygen atoms in total. The Hall–Kier alpha value is -2.05. The van der Waals surface area contributed by atoms with E-state index in [2.05, 4.69) is 21.2 Å². The maximum atomic E-state index is 12.4. The van der Waals surface area contributed by atoms with Crippen LogP contribution in [0.2, 0.25) is 0 Å². The summed E-state index contributed by atoms with van der Waals surface area (Å²) < 4.78 is 11.6. The molecule has 0 aliphatic rings. The molecule has 0 aliphatic heterocycles. The highest BCUT2D eigenvalue weighted by Gasteiger charge is 2.14. The van der Waals surface area contributed by atoms with Crippen LogP contribution in [0, 0.1) is 13.8 Å². The summed E-state index contributed by atoms with van der Waals surface area (Å²) in [6.07, 6.45) is 0. The van der Waals surface area contributed by atoms with E-state index in [0.717, 1.165) is 38.3 Å². The predicted octanol–water partition coefficient (Wildman–Crippen LogP) is 4.15. The van der Waals surface area contributed by atoms with Gasteiger partial charge in [0.25, 0.3) is 0 Å². The molecule has 1 amide bonds. The summed E-state index contributed by atoms with van der Waals surface area (Å²) in [5, 5.41) is 2.98. The lowest BCUT2D eigenvalue weighted by Gasteiger charge is -2.19. The van der Waals surface area contributed by atoms with Crippen molar-refractivity contribution in [3.8, 4) is 11.5 Å². The molecule has 0 bridgehead atoms. The van der Waals surface area contributed by atoms with Gasteiger partial charge in [-0.2, -0.15) is 0 Å². The van der Waals surface area contributed by atoms with Gasteiger partial charge in [0.15, 0.2) is 0 Å². The zero-order valence-corrected chi connectivity index (χ0v) is 17.4. The van der Waals surface area contributed by atoms with Gasteiger partial charge in [0.05, 0.1) is 25.2 Å². The van der Waals surface area contributed by atoms with Gasteiger partial charge in [0.1, 0.15) is 11.5 Å². The summed E-state index contributed by atoms with van der Waals surface area (Å²) in [6.45, 7) is 4.87. The minimum atomic E-state index is -0.0516. The van der Waals surface area contributed by atoms with E-state index in [-0.39, 0.29) is 12.5 Å². The first kappa shape index (κ1) is 20.3. The lowest BCUT2D eigenvalue weighted by atomic mass is 10.1. The van der Waals surface area contributed by atoms with Crippen LogP contribution < -0.4 is 14.8 Å². The third-order valence-corrected chi connectivity index (χ3v) is 4.91. The van der Waals surface area contributed by atoms with Crippen molar-refractivity contribution in [3.63, 3.8) is 0 Å². The Kier molecular flexibility index (Phi) is 7.06. The van der Waals surface area contributed by atoms with Crippen molar-refractivity contribution in [2.75, 3.05) is 33.1 Å². The van der Waals surface area contributed by atoms with E-state index in [0.29, 0.717) is 6.54 Å². The van der Waals surface area contributed by atoms with Crippen molar-refractivity contribution in [2.24, 2.45) is 0 Å². The third kappa shape index (κ3) is 4.99. The molecule has 0 saturated carbocycles. The quantitative estimate of drug-likeness (QED) is 0.730. The number of carbonyl (C=O) groups excluding carboxylic acids is 1. The minimum Gasteiger partial charge on any atom is -0.496 e. The fourth-order valence-electron chi connectivity index (χ4n) is 2.72. The molecule has 2 rings (SSSR count). The molecule has 0 radical (unpaired) electrons. The van der Waals surface area contributed by atoms with Crippen molar-refractivity contribution in [2.45, 2.75) is 20.4 Å². The van der Waals surface area contributed by atoms with Crippen molar-refractivity contribution >= 4 is 27.5 Å². The first-order valence-electron chi connectivity index (χ1n) is 8.30. The molecule has 1 N–H and O–H groups in total. The number of amides is 1. The molecule has 0 fully saturated rings. The average Bonchev–Trinajstić information content (AvgIpc) is 2.59. The van der Waals surface area contributed by atoms with Crippen LogP contribution in [-0.4, -0.2) is 38.6 Å². The molecule has 2 aromatic carbocycles. The van der Waals surface area contributed by atoms with E-state index in [1.54, 1.807) is 14.2 Å². The zero-order chi connectivity index (χ0) is 19.3. The van der Waals surface area contributed by atoms with E-state index >= 15 is 0 Å². The Morgan fingerprint density at radius 2 is 1.85 bits per heavy atom. The normalized spacial score (nSPS) is 10.7. The standard InChI is InChI=1S/C20H25BrN2O3/c1-13-7-6-8-17(14(13)2)22-20(24)12-23(3)11-15-9-19(26-5)16(21)10-18(15)25-4/h6-10H,11-12H2,1-5H3,(H,22,24). The van der Waals surface area contributed by atoms with Gasteiger partial charge < -0.3 is 14.8 Å². The van der Waals surface area contributed by atoms with Crippen LogP contribution in [0.4, 0.5) is 5.69 Å². The topological polar surface area (TPSA) is 50.8 Å². The number of nitrogens with zero attached hydrogens (tertiary/aromatic N) is 1. The van der Waals surface area contributed by atoms with E-state index < -0.39 is 0 Å². The average molecular weight is 421 g/mol. The first-order chi connectivity index (χ1) is 12.3.